The number of amides is 1. The number of hydrogen-bond acceptors (Lipinski definition) is 4. The normalized spacial score (nSPS) is 12.5. The minimum absolute atomic E-state index is 0.0156. The maximum atomic E-state index is 11.3. The Morgan fingerprint density at radius 2 is 2.50 bits per heavy atom. The van der Waals surface area contributed by atoms with Crippen molar-refractivity contribution in [2.24, 2.45) is 11.7 Å². The van der Waals surface area contributed by atoms with Gasteiger partial charge in [0.1, 0.15) is 0 Å². The number of nitrogens with one attached hydrogen (secondary N) is 1. The first-order valence-corrected chi connectivity index (χ1v) is 5.40. The van der Waals surface area contributed by atoms with Crippen molar-refractivity contribution in [2.45, 2.75) is 20.4 Å². The number of carbonyl (C=O) groups excluding carboxylic acids is 1. The fourth-order valence-electron chi connectivity index (χ4n) is 0.948. The Balaban J connectivity index is 2.37. The number of carbonyl (C=O) groups is 1. The van der Waals surface area contributed by atoms with E-state index in [4.69, 9.17) is 5.73 Å². The predicted octanol–water partition coefficient (Wildman–Crippen LogP) is 0.663. The lowest BCUT2D eigenvalue weighted by molar-refractivity contribution is -0.124. The number of rotatable bonds is 4. The standard InChI is InChI=1S/C9H15N3OS/c1-6(3-10)9(13)11-4-8-5-14-7(2)12-8/h5-6H,3-4,10H2,1-2H3,(H,11,13). The highest BCUT2D eigenvalue weighted by atomic mass is 32.1. The van der Waals surface area contributed by atoms with Gasteiger partial charge >= 0.3 is 0 Å². The van der Waals surface area contributed by atoms with Crippen molar-refractivity contribution in [3.05, 3.63) is 16.1 Å². The number of aryl methyl sites for hydroxylation is 1. The van der Waals surface area contributed by atoms with Crippen LogP contribution >= 0.6 is 11.3 Å². The molecule has 1 atom stereocenters. The van der Waals surface area contributed by atoms with Crippen LogP contribution in [0.25, 0.3) is 0 Å². The molecule has 78 valence electrons. The molecule has 0 aliphatic heterocycles. The highest BCUT2D eigenvalue weighted by Crippen LogP contribution is 2.07. The summed E-state index contributed by atoms with van der Waals surface area (Å²) in [6, 6.07) is 0. The summed E-state index contributed by atoms with van der Waals surface area (Å²) in [4.78, 5) is 15.6. The van der Waals surface area contributed by atoms with Crippen LogP contribution in [0, 0.1) is 12.8 Å². The van der Waals surface area contributed by atoms with Gasteiger partial charge in [0.2, 0.25) is 5.91 Å². The number of aromatic nitrogens is 1. The molecule has 0 saturated heterocycles. The van der Waals surface area contributed by atoms with E-state index in [2.05, 4.69) is 10.3 Å². The molecular weight excluding hydrogens is 198 g/mol. The summed E-state index contributed by atoms with van der Waals surface area (Å²) < 4.78 is 0. The third-order valence-electron chi connectivity index (χ3n) is 1.91. The second kappa shape index (κ2) is 5.07. The monoisotopic (exact) mass is 213 g/mol. The largest absolute Gasteiger partial charge is 0.350 e. The maximum absolute atomic E-state index is 11.3. The summed E-state index contributed by atoms with van der Waals surface area (Å²) in [6.45, 7) is 4.62. The minimum atomic E-state index is -0.130. The molecule has 14 heavy (non-hydrogen) atoms. The zero-order chi connectivity index (χ0) is 10.6. The summed E-state index contributed by atoms with van der Waals surface area (Å²) in [5.74, 6) is -0.145. The molecule has 0 fully saturated rings. The molecule has 0 aliphatic rings. The third kappa shape index (κ3) is 3.08. The number of nitrogens with two attached hydrogens (primary N) is 1. The van der Waals surface area contributed by atoms with Crippen LogP contribution in [0.2, 0.25) is 0 Å². The van der Waals surface area contributed by atoms with E-state index in [1.807, 2.05) is 19.2 Å². The van der Waals surface area contributed by atoms with Crippen molar-refractivity contribution in [3.8, 4) is 0 Å². The first-order valence-electron chi connectivity index (χ1n) is 4.52. The van der Waals surface area contributed by atoms with E-state index in [0.29, 0.717) is 13.1 Å². The van der Waals surface area contributed by atoms with Crippen LogP contribution in [0.4, 0.5) is 0 Å². The van der Waals surface area contributed by atoms with E-state index >= 15 is 0 Å². The van der Waals surface area contributed by atoms with Gasteiger partial charge in [0.05, 0.1) is 17.2 Å². The topological polar surface area (TPSA) is 68.0 Å². The summed E-state index contributed by atoms with van der Waals surface area (Å²) in [5.41, 5.74) is 6.28. The smallest absolute Gasteiger partial charge is 0.224 e. The predicted molar refractivity (Wildman–Crippen MR) is 56.9 cm³/mol. The molecule has 0 spiro atoms. The van der Waals surface area contributed by atoms with Crippen molar-refractivity contribution in [2.75, 3.05) is 6.54 Å². The van der Waals surface area contributed by atoms with Crippen LogP contribution in [0.1, 0.15) is 17.6 Å². The molecule has 5 heteroatoms. The Hall–Kier alpha value is -0.940. The van der Waals surface area contributed by atoms with Gasteiger partial charge in [-0.25, -0.2) is 4.98 Å². The van der Waals surface area contributed by atoms with E-state index in [9.17, 15) is 4.79 Å². The van der Waals surface area contributed by atoms with Crippen LogP contribution in [-0.2, 0) is 11.3 Å². The van der Waals surface area contributed by atoms with Gasteiger partial charge < -0.3 is 11.1 Å². The van der Waals surface area contributed by atoms with Gasteiger partial charge in [0, 0.05) is 17.8 Å². The highest BCUT2D eigenvalue weighted by molar-refractivity contribution is 7.09. The molecule has 0 bridgehead atoms. The van der Waals surface area contributed by atoms with E-state index < -0.39 is 0 Å². The molecule has 0 radical (unpaired) electrons. The number of nitrogens with zero attached hydrogens (tertiary/aromatic N) is 1. The summed E-state index contributed by atoms with van der Waals surface area (Å²) >= 11 is 1.58. The molecule has 1 rings (SSSR count). The molecular formula is C9H15N3OS. The van der Waals surface area contributed by atoms with Gasteiger partial charge in [-0.2, -0.15) is 0 Å². The fourth-order valence-corrected chi connectivity index (χ4v) is 1.56. The third-order valence-corrected chi connectivity index (χ3v) is 2.73. The van der Waals surface area contributed by atoms with Gasteiger partial charge in [0.15, 0.2) is 0 Å². The zero-order valence-corrected chi connectivity index (χ0v) is 9.23. The van der Waals surface area contributed by atoms with E-state index in [-0.39, 0.29) is 11.8 Å². The quantitative estimate of drug-likeness (QED) is 0.772. The summed E-state index contributed by atoms with van der Waals surface area (Å²) in [7, 11) is 0. The van der Waals surface area contributed by atoms with Crippen LogP contribution in [-0.4, -0.2) is 17.4 Å². The lowest BCUT2D eigenvalue weighted by Crippen LogP contribution is -2.32. The highest BCUT2D eigenvalue weighted by Gasteiger charge is 2.10. The van der Waals surface area contributed by atoms with Gasteiger partial charge in [-0.05, 0) is 6.92 Å². The van der Waals surface area contributed by atoms with Crippen molar-refractivity contribution < 1.29 is 4.79 Å². The Labute approximate surface area is 87.5 Å². The van der Waals surface area contributed by atoms with E-state index in [1.54, 1.807) is 11.3 Å². The van der Waals surface area contributed by atoms with E-state index in [1.165, 1.54) is 0 Å². The van der Waals surface area contributed by atoms with Crippen LogP contribution in [0.15, 0.2) is 5.38 Å². The van der Waals surface area contributed by atoms with Crippen molar-refractivity contribution in [1.29, 1.82) is 0 Å². The van der Waals surface area contributed by atoms with Crippen LogP contribution in [0.3, 0.4) is 0 Å². The molecule has 0 saturated carbocycles. The first kappa shape index (κ1) is 11.1. The van der Waals surface area contributed by atoms with Gasteiger partial charge in [-0.3, -0.25) is 4.79 Å². The van der Waals surface area contributed by atoms with Crippen molar-refractivity contribution in [3.63, 3.8) is 0 Å². The molecule has 1 amide bonds. The Kier molecular flexibility index (Phi) is 4.03. The molecule has 1 heterocycles. The zero-order valence-electron chi connectivity index (χ0n) is 8.41. The van der Waals surface area contributed by atoms with Gasteiger partial charge in [0.25, 0.3) is 0 Å². The van der Waals surface area contributed by atoms with Gasteiger partial charge in [-0.15, -0.1) is 11.3 Å². The molecule has 0 aromatic carbocycles. The maximum Gasteiger partial charge on any atom is 0.224 e. The second-order valence-corrected chi connectivity index (χ2v) is 4.27. The Morgan fingerprint density at radius 3 is 3.00 bits per heavy atom. The summed E-state index contributed by atoms with van der Waals surface area (Å²) in [5, 5.41) is 5.75. The van der Waals surface area contributed by atoms with Crippen molar-refractivity contribution in [1.82, 2.24) is 10.3 Å². The molecule has 3 N–H and O–H groups in total. The number of hydrogen-bond donors (Lipinski definition) is 2. The minimum Gasteiger partial charge on any atom is -0.350 e. The second-order valence-electron chi connectivity index (χ2n) is 3.21. The lowest BCUT2D eigenvalue weighted by atomic mass is 10.2. The first-order chi connectivity index (χ1) is 6.63. The molecule has 1 unspecified atom stereocenters. The van der Waals surface area contributed by atoms with Crippen LogP contribution in [0.5, 0.6) is 0 Å². The molecule has 0 aliphatic carbocycles. The Bertz CT molecular complexity index is 311. The SMILES string of the molecule is Cc1nc(CNC(=O)C(C)CN)cs1. The fraction of sp³-hybridized carbons (Fsp3) is 0.556. The number of thiazole rings is 1. The lowest BCUT2D eigenvalue weighted by Gasteiger charge is -2.08. The Morgan fingerprint density at radius 1 is 1.79 bits per heavy atom. The molecule has 1 aromatic rings. The average Bonchev–Trinajstić information content (AvgIpc) is 2.59. The summed E-state index contributed by atoms with van der Waals surface area (Å²) in [6.07, 6.45) is 0. The molecule has 1 aromatic heterocycles. The average molecular weight is 213 g/mol. The van der Waals surface area contributed by atoms with E-state index in [0.717, 1.165) is 10.7 Å². The molecule has 4 nitrogen and oxygen atoms in total. The van der Waals surface area contributed by atoms with Gasteiger partial charge in [-0.1, -0.05) is 6.92 Å². The van der Waals surface area contributed by atoms with Crippen LogP contribution < -0.4 is 11.1 Å². The van der Waals surface area contributed by atoms with Crippen molar-refractivity contribution >= 4 is 17.2 Å².